The first kappa shape index (κ1) is 18.3. The molecule has 1 aliphatic heterocycles. The standard InChI is InChI=1S/C20H19NO6/c1-23-14-8-13(9-15(11-14)24-2)19-21-16(20(22)27-19)10-12-6-5-7-17(25-3)18(12)26-4/h5-11H,1-4H3. The van der Waals surface area contributed by atoms with Crippen LogP contribution in [0.5, 0.6) is 23.0 Å². The lowest BCUT2D eigenvalue weighted by Gasteiger charge is -2.09. The lowest BCUT2D eigenvalue weighted by molar-refractivity contribution is -0.129. The van der Waals surface area contributed by atoms with Crippen molar-refractivity contribution in [1.29, 1.82) is 0 Å². The first-order chi connectivity index (χ1) is 13.1. The molecule has 0 spiro atoms. The average Bonchev–Trinajstić information content (AvgIpc) is 3.07. The van der Waals surface area contributed by atoms with Gasteiger partial charge in [-0.25, -0.2) is 9.79 Å². The highest BCUT2D eigenvalue weighted by Gasteiger charge is 2.25. The summed E-state index contributed by atoms with van der Waals surface area (Å²) in [6, 6.07) is 10.5. The van der Waals surface area contributed by atoms with Crippen LogP contribution in [-0.4, -0.2) is 40.3 Å². The number of nitrogens with zero attached hydrogens (tertiary/aromatic N) is 1. The molecule has 1 heterocycles. The summed E-state index contributed by atoms with van der Waals surface area (Å²) >= 11 is 0. The van der Waals surface area contributed by atoms with Crippen LogP contribution < -0.4 is 18.9 Å². The number of aliphatic imine (C=N–C) groups is 1. The topological polar surface area (TPSA) is 75.6 Å². The molecule has 140 valence electrons. The van der Waals surface area contributed by atoms with E-state index < -0.39 is 5.97 Å². The van der Waals surface area contributed by atoms with Crippen LogP contribution in [0.1, 0.15) is 11.1 Å². The second-order valence-electron chi connectivity index (χ2n) is 5.52. The van der Waals surface area contributed by atoms with Crippen LogP contribution in [0.15, 0.2) is 47.1 Å². The van der Waals surface area contributed by atoms with Gasteiger partial charge in [0.25, 0.3) is 0 Å². The molecule has 0 saturated carbocycles. The molecular formula is C20H19NO6. The minimum absolute atomic E-state index is 0.151. The van der Waals surface area contributed by atoms with Crippen LogP contribution in [0.4, 0.5) is 0 Å². The van der Waals surface area contributed by atoms with E-state index in [0.717, 1.165) is 0 Å². The van der Waals surface area contributed by atoms with Crippen molar-refractivity contribution in [3.05, 3.63) is 53.2 Å². The van der Waals surface area contributed by atoms with Crippen LogP contribution >= 0.6 is 0 Å². The molecule has 0 radical (unpaired) electrons. The van der Waals surface area contributed by atoms with Gasteiger partial charge in [-0.15, -0.1) is 0 Å². The van der Waals surface area contributed by atoms with Gasteiger partial charge in [0.2, 0.25) is 5.90 Å². The Morgan fingerprint density at radius 3 is 2.22 bits per heavy atom. The second kappa shape index (κ2) is 7.82. The average molecular weight is 369 g/mol. The van der Waals surface area contributed by atoms with E-state index in [1.807, 2.05) is 0 Å². The Labute approximate surface area is 156 Å². The lowest BCUT2D eigenvalue weighted by Crippen LogP contribution is -2.06. The zero-order valence-electron chi connectivity index (χ0n) is 15.4. The molecule has 2 aromatic rings. The SMILES string of the molecule is COc1cc(OC)cc(C2=NC(=Cc3cccc(OC)c3OC)C(=O)O2)c1. The molecule has 0 aliphatic carbocycles. The van der Waals surface area contributed by atoms with Gasteiger partial charge in [0.1, 0.15) is 11.5 Å². The van der Waals surface area contributed by atoms with Gasteiger partial charge in [-0.2, -0.15) is 0 Å². The number of hydrogen-bond acceptors (Lipinski definition) is 7. The lowest BCUT2D eigenvalue weighted by atomic mass is 10.1. The predicted octanol–water partition coefficient (Wildman–Crippen LogP) is 3.07. The molecule has 2 aromatic carbocycles. The van der Waals surface area contributed by atoms with E-state index in [-0.39, 0.29) is 11.6 Å². The van der Waals surface area contributed by atoms with Gasteiger partial charge in [0.15, 0.2) is 17.2 Å². The van der Waals surface area contributed by atoms with Crippen LogP contribution in [-0.2, 0) is 9.53 Å². The summed E-state index contributed by atoms with van der Waals surface area (Å²) in [7, 11) is 6.16. The van der Waals surface area contributed by atoms with E-state index in [1.165, 1.54) is 7.11 Å². The van der Waals surface area contributed by atoms with E-state index in [2.05, 4.69) is 4.99 Å². The third-order valence-corrected chi connectivity index (χ3v) is 3.94. The quantitative estimate of drug-likeness (QED) is 0.575. The number of carbonyl (C=O) groups is 1. The summed E-state index contributed by atoms with van der Waals surface area (Å²) in [5, 5.41) is 0. The van der Waals surface area contributed by atoms with Crippen molar-refractivity contribution in [2.75, 3.05) is 28.4 Å². The number of hydrogen-bond donors (Lipinski definition) is 0. The van der Waals surface area contributed by atoms with Gasteiger partial charge in [0.05, 0.1) is 28.4 Å². The summed E-state index contributed by atoms with van der Waals surface area (Å²) < 4.78 is 26.5. The normalized spacial score (nSPS) is 14.6. The Balaban J connectivity index is 2.02. The summed E-state index contributed by atoms with van der Waals surface area (Å²) in [5.41, 5.74) is 1.37. The van der Waals surface area contributed by atoms with Crippen molar-refractivity contribution < 1.29 is 28.5 Å². The largest absolute Gasteiger partial charge is 0.497 e. The predicted molar refractivity (Wildman–Crippen MR) is 99.7 cm³/mol. The number of carbonyl (C=O) groups excluding carboxylic acids is 1. The first-order valence-corrected chi connectivity index (χ1v) is 8.06. The summed E-state index contributed by atoms with van der Waals surface area (Å²) in [6.45, 7) is 0. The highest BCUT2D eigenvalue weighted by atomic mass is 16.6. The maximum atomic E-state index is 12.3. The van der Waals surface area contributed by atoms with E-state index in [1.54, 1.807) is 63.8 Å². The molecule has 0 amide bonds. The van der Waals surface area contributed by atoms with Crippen molar-refractivity contribution >= 4 is 17.9 Å². The monoisotopic (exact) mass is 369 g/mol. The van der Waals surface area contributed by atoms with Crippen LogP contribution in [0.25, 0.3) is 6.08 Å². The van der Waals surface area contributed by atoms with E-state index in [0.29, 0.717) is 34.1 Å². The molecule has 0 N–H and O–H groups in total. The van der Waals surface area contributed by atoms with Crippen molar-refractivity contribution in [3.63, 3.8) is 0 Å². The molecular weight excluding hydrogens is 350 g/mol. The maximum absolute atomic E-state index is 12.3. The zero-order chi connectivity index (χ0) is 19.4. The molecule has 0 atom stereocenters. The van der Waals surface area contributed by atoms with Gasteiger partial charge in [-0.05, 0) is 24.3 Å². The van der Waals surface area contributed by atoms with Gasteiger partial charge < -0.3 is 23.7 Å². The summed E-state index contributed by atoms with van der Waals surface area (Å²) in [5.74, 6) is 1.80. The molecule has 0 fully saturated rings. The van der Waals surface area contributed by atoms with Crippen molar-refractivity contribution in [2.24, 2.45) is 4.99 Å². The molecule has 3 rings (SSSR count). The zero-order valence-corrected chi connectivity index (χ0v) is 15.4. The second-order valence-corrected chi connectivity index (χ2v) is 5.52. The summed E-state index contributed by atoms with van der Waals surface area (Å²) in [4.78, 5) is 16.6. The fourth-order valence-corrected chi connectivity index (χ4v) is 2.64. The Morgan fingerprint density at radius 2 is 1.63 bits per heavy atom. The highest BCUT2D eigenvalue weighted by Crippen LogP contribution is 2.33. The number of benzene rings is 2. The molecule has 7 nitrogen and oxygen atoms in total. The molecule has 0 unspecified atom stereocenters. The highest BCUT2D eigenvalue weighted by molar-refractivity contribution is 6.13. The molecule has 0 aromatic heterocycles. The number of para-hydroxylation sites is 1. The Bertz CT molecular complexity index is 910. The molecule has 7 heteroatoms. The molecule has 0 saturated heterocycles. The fraction of sp³-hybridized carbons (Fsp3) is 0.200. The number of methoxy groups -OCH3 is 4. The van der Waals surface area contributed by atoms with Crippen LogP contribution in [0.2, 0.25) is 0 Å². The molecule has 0 bridgehead atoms. The summed E-state index contributed by atoms with van der Waals surface area (Å²) in [6.07, 6.45) is 1.59. The van der Waals surface area contributed by atoms with Crippen molar-refractivity contribution in [1.82, 2.24) is 0 Å². The van der Waals surface area contributed by atoms with Gasteiger partial charge in [-0.3, -0.25) is 0 Å². The van der Waals surface area contributed by atoms with Gasteiger partial charge in [-0.1, -0.05) is 12.1 Å². The van der Waals surface area contributed by atoms with E-state index in [9.17, 15) is 4.79 Å². The Kier molecular flexibility index (Phi) is 5.30. The van der Waals surface area contributed by atoms with Gasteiger partial charge >= 0.3 is 5.97 Å². The smallest absolute Gasteiger partial charge is 0.363 e. The number of rotatable bonds is 6. The van der Waals surface area contributed by atoms with Gasteiger partial charge in [0, 0.05) is 17.2 Å². The Hall–Kier alpha value is -3.48. The van der Waals surface area contributed by atoms with E-state index >= 15 is 0 Å². The number of esters is 1. The number of ether oxygens (including phenoxy) is 5. The van der Waals surface area contributed by atoms with E-state index in [4.69, 9.17) is 23.7 Å². The third-order valence-electron chi connectivity index (χ3n) is 3.94. The number of cyclic esters (lactones) is 1. The Morgan fingerprint density at radius 1 is 0.926 bits per heavy atom. The third kappa shape index (κ3) is 3.72. The fourth-order valence-electron chi connectivity index (χ4n) is 2.64. The maximum Gasteiger partial charge on any atom is 0.363 e. The van der Waals surface area contributed by atoms with Crippen molar-refractivity contribution in [2.45, 2.75) is 0 Å². The minimum atomic E-state index is -0.559. The van der Waals surface area contributed by atoms with Crippen molar-refractivity contribution in [3.8, 4) is 23.0 Å². The first-order valence-electron chi connectivity index (χ1n) is 8.06. The van der Waals surface area contributed by atoms with Crippen LogP contribution in [0.3, 0.4) is 0 Å². The van der Waals surface area contributed by atoms with Crippen LogP contribution in [0, 0.1) is 0 Å². The minimum Gasteiger partial charge on any atom is -0.497 e. The molecule has 1 aliphatic rings. The molecule has 27 heavy (non-hydrogen) atoms.